The van der Waals surface area contributed by atoms with E-state index in [0.717, 1.165) is 39.0 Å². The predicted octanol–water partition coefficient (Wildman–Crippen LogP) is 15.1. The monoisotopic (exact) mass is 693 g/mol. The molecule has 11 aromatic rings. The Morgan fingerprint density at radius 2 is 1.08 bits per heavy atom. The third kappa shape index (κ3) is 4.71. The Bertz CT molecular complexity index is 3190. The van der Waals surface area contributed by atoms with E-state index in [1.807, 2.05) is 17.4 Å². The summed E-state index contributed by atoms with van der Waals surface area (Å²) in [6.45, 7) is 0. The minimum Gasteiger partial charge on any atom is -0.454 e. The van der Waals surface area contributed by atoms with E-state index in [4.69, 9.17) is 4.42 Å². The van der Waals surface area contributed by atoms with Gasteiger partial charge in [-0.2, -0.15) is 0 Å². The second-order valence-electron chi connectivity index (χ2n) is 13.6. The second kappa shape index (κ2) is 11.9. The van der Waals surface area contributed by atoms with Crippen molar-refractivity contribution in [1.29, 1.82) is 0 Å². The number of hydrogen-bond donors (Lipinski definition) is 0. The molecule has 0 amide bonds. The molecule has 2 aromatic heterocycles. The number of hydrogen-bond acceptors (Lipinski definition) is 3. The van der Waals surface area contributed by atoms with E-state index in [-0.39, 0.29) is 0 Å². The highest BCUT2D eigenvalue weighted by Gasteiger charge is 2.24. The fourth-order valence-electron chi connectivity index (χ4n) is 8.30. The molecule has 11 rings (SSSR count). The minimum absolute atomic E-state index is 0.866. The molecule has 0 saturated carbocycles. The van der Waals surface area contributed by atoms with Crippen LogP contribution in [0.25, 0.3) is 85.9 Å². The van der Waals surface area contributed by atoms with Gasteiger partial charge in [0.1, 0.15) is 5.58 Å². The molecule has 248 valence electrons. The summed E-state index contributed by atoms with van der Waals surface area (Å²) in [6.07, 6.45) is 0. The van der Waals surface area contributed by atoms with Crippen LogP contribution in [-0.4, -0.2) is 0 Å². The number of furan rings is 1. The summed E-state index contributed by atoms with van der Waals surface area (Å²) >= 11 is 1.86. The molecule has 0 aliphatic carbocycles. The van der Waals surface area contributed by atoms with Crippen LogP contribution in [0.1, 0.15) is 0 Å². The van der Waals surface area contributed by atoms with Crippen LogP contribution in [0.15, 0.2) is 192 Å². The van der Waals surface area contributed by atoms with Gasteiger partial charge in [-0.25, -0.2) is 0 Å². The largest absolute Gasteiger partial charge is 0.454 e. The summed E-state index contributed by atoms with van der Waals surface area (Å²) in [5, 5.41) is 9.63. The first-order valence-electron chi connectivity index (χ1n) is 18.0. The van der Waals surface area contributed by atoms with Crippen molar-refractivity contribution in [1.82, 2.24) is 0 Å². The fourth-order valence-corrected chi connectivity index (χ4v) is 9.43. The molecule has 2 heterocycles. The summed E-state index contributed by atoms with van der Waals surface area (Å²) in [4.78, 5) is 2.42. The number of para-hydroxylation sites is 2. The van der Waals surface area contributed by atoms with Gasteiger partial charge in [0.25, 0.3) is 0 Å². The van der Waals surface area contributed by atoms with Crippen LogP contribution in [0.3, 0.4) is 0 Å². The van der Waals surface area contributed by atoms with Gasteiger partial charge in [-0.15, -0.1) is 11.3 Å². The Morgan fingerprint density at radius 3 is 1.96 bits per heavy atom. The van der Waals surface area contributed by atoms with E-state index in [1.165, 1.54) is 64.0 Å². The van der Waals surface area contributed by atoms with Gasteiger partial charge < -0.3 is 9.32 Å². The van der Waals surface area contributed by atoms with Crippen LogP contribution in [0.2, 0.25) is 0 Å². The summed E-state index contributed by atoms with van der Waals surface area (Å²) in [6, 6.07) is 68.0. The summed E-state index contributed by atoms with van der Waals surface area (Å²) in [5.41, 5.74) is 9.71. The lowest BCUT2D eigenvalue weighted by Crippen LogP contribution is -2.11. The average molecular weight is 694 g/mol. The highest BCUT2D eigenvalue weighted by Crippen LogP contribution is 2.49. The fraction of sp³-hybridized carbons (Fsp3) is 0. The number of rotatable bonds is 5. The number of anilines is 3. The molecule has 3 heteroatoms. The standard InChI is InChI=1S/C50H31NOS/c1-2-14-32(15-3-1)36-29-28-34(31-43(36)40-22-13-27-48-49(40)42-21-9-11-26-47(42)53-48)51(44-24-12-23-41-39-20-8-10-25-46(39)52-50(41)44)45-30-33-16-4-5-17-35(33)37-18-6-7-19-38(37)45/h1-31H. The third-order valence-electron chi connectivity index (χ3n) is 10.7. The van der Waals surface area contributed by atoms with Gasteiger partial charge in [0, 0.05) is 42.0 Å². The van der Waals surface area contributed by atoms with Crippen LogP contribution < -0.4 is 4.90 Å². The van der Waals surface area contributed by atoms with Gasteiger partial charge in [-0.1, -0.05) is 146 Å². The smallest absolute Gasteiger partial charge is 0.159 e. The van der Waals surface area contributed by atoms with Crippen molar-refractivity contribution in [3.8, 4) is 22.3 Å². The molecule has 0 spiro atoms. The van der Waals surface area contributed by atoms with E-state index in [1.54, 1.807) is 0 Å². The Hall–Kier alpha value is -6.68. The Kier molecular flexibility index (Phi) is 6.76. The molecule has 0 atom stereocenters. The highest BCUT2D eigenvalue weighted by atomic mass is 32.1. The average Bonchev–Trinajstić information content (AvgIpc) is 3.81. The molecule has 0 bridgehead atoms. The number of nitrogens with zero attached hydrogens (tertiary/aromatic N) is 1. The Labute approximate surface area is 310 Å². The summed E-state index contributed by atoms with van der Waals surface area (Å²) < 4.78 is 9.36. The van der Waals surface area contributed by atoms with Gasteiger partial charge in [-0.3, -0.25) is 0 Å². The number of fused-ring (bicyclic) bond motifs is 9. The molecule has 9 aromatic carbocycles. The van der Waals surface area contributed by atoms with E-state index in [9.17, 15) is 0 Å². The first-order valence-corrected chi connectivity index (χ1v) is 18.8. The molecular formula is C50H31NOS. The molecule has 0 unspecified atom stereocenters. The van der Waals surface area contributed by atoms with Gasteiger partial charge in [0.2, 0.25) is 0 Å². The van der Waals surface area contributed by atoms with Crippen molar-refractivity contribution in [3.63, 3.8) is 0 Å². The maximum atomic E-state index is 6.77. The molecule has 0 N–H and O–H groups in total. The van der Waals surface area contributed by atoms with Crippen molar-refractivity contribution in [2.75, 3.05) is 4.90 Å². The normalized spacial score (nSPS) is 11.8. The summed E-state index contributed by atoms with van der Waals surface area (Å²) in [7, 11) is 0. The maximum Gasteiger partial charge on any atom is 0.159 e. The zero-order valence-corrected chi connectivity index (χ0v) is 29.5. The third-order valence-corrected chi connectivity index (χ3v) is 11.8. The van der Waals surface area contributed by atoms with Crippen LogP contribution in [0, 0.1) is 0 Å². The first kappa shape index (κ1) is 30.0. The van der Waals surface area contributed by atoms with Crippen LogP contribution in [0.5, 0.6) is 0 Å². The molecule has 0 aliphatic rings. The first-order chi connectivity index (χ1) is 26.3. The Balaban J connectivity index is 1.26. The zero-order chi connectivity index (χ0) is 34.9. The SMILES string of the molecule is c1ccc(-c2ccc(N(c3cc4ccccc4c4ccccc34)c3cccc4c3oc3ccccc34)cc2-c2cccc3sc4ccccc4c23)cc1. The molecule has 0 fully saturated rings. The van der Waals surface area contributed by atoms with Crippen molar-refractivity contribution in [2.45, 2.75) is 0 Å². The van der Waals surface area contributed by atoms with Crippen molar-refractivity contribution in [2.24, 2.45) is 0 Å². The van der Waals surface area contributed by atoms with Crippen LogP contribution >= 0.6 is 11.3 Å². The number of benzene rings is 9. The van der Waals surface area contributed by atoms with Gasteiger partial charge in [-0.05, 0) is 80.9 Å². The van der Waals surface area contributed by atoms with E-state index in [0.29, 0.717) is 0 Å². The Morgan fingerprint density at radius 1 is 0.396 bits per heavy atom. The lowest BCUT2D eigenvalue weighted by atomic mass is 9.91. The topological polar surface area (TPSA) is 16.4 Å². The van der Waals surface area contributed by atoms with Crippen molar-refractivity contribution < 1.29 is 4.42 Å². The van der Waals surface area contributed by atoms with E-state index >= 15 is 0 Å². The number of thiophene rings is 1. The molecule has 53 heavy (non-hydrogen) atoms. The predicted molar refractivity (Wildman–Crippen MR) is 227 cm³/mol. The van der Waals surface area contributed by atoms with Gasteiger partial charge in [0.05, 0.1) is 11.4 Å². The van der Waals surface area contributed by atoms with E-state index in [2.05, 4.69) is 187 Å². The lowest BCUT2D eigenvalue weighted by Gasteiger charge is -2.28. The molecule has 0 aliphatic heterocycles. The maximum absolute atomic E-state index is 6.77. The molecular weight excluding hydrogens is 663 g/mol. The van der Waals surface area contributed by atoms with Crippen LogP contribution in [0.4, 0.5) is 17.1 Å². The highest BCUT2D eigenvalue weighted by molar-refractivity contribution is 7.25. The minimum atomic E-state index is 0.866. The molecule has 0 radical (unpaired) electrons. The van der Waals surface area contributed by atoms with Crippen LogP contribution in [-0.2, 0) is 0 Å². The van der Waals surface area contributed by atoms with Gasteiger partial charge >= 0.3 is 0 Å². The van der Waals surface area contributed by atoms with Crippen molar-refractivity contribution >= 4 is 92.1 Å². The molecule has 0 saturated heterocycles. The zero-order valence-electron chi connectivity index (χ0n) is 28.7. The second-order valence-corrected chi connectivity index (χ2v) is 14.7. The van der Waals surface area contributed by atoms with Gasteiger partial charge in [0.15, 0.2) is 5.58 Å². The molecule has 2 nitrogen and oxygen atoms in total. The summed E-state index contributed by atoms with van der Waals surface area (Å²) in [5.74, 6) is 0. The quantitative estimate of drug-likeness (QED) is 0.167. The lowest BCUT2D eigenvalue weighted by molar-refractivity contribution is 0.669. The van der Waals surface area contributed by atoms with E-state index < -0.39 is 0 Å². The van der Waals surface area contributed by atoms with Crippen molar-refractivity contribution in [3.05, 3.63) is 188 Å².